The highest BCUT2D eigenvalue weighted by atomic mass is 19.1. The molecule has 1 aromatic carbocycles. The minimum absolute atomic E-state index is 0.109. The maximum absolute atomic E-state index is 14.5. The smallest absolute Gasteiger partial charge is 0.318 e. The van der Waals surface area contributed by atoms with Gasteiger partial charge in [-0.05, 0) is 74.9 Å². The summed E-state index contributed by atoms with van der Waals surface area (Å²) < 4.78 is 27.7. The first kappa shape index (κ1) is 27.3. The normalized spacial score (nSPS) is 27.4. The molecule has 7 rings (SSSR count). The lowest BCUT2D eigenvalue weighted by Crippen LogP contribution is -2.44. The van der Waals surface area contributed by atoms with Crippen LogP contribution in [0.25, 0.3) is 0 Å². The number of aryl methyl sites for hydroxylation is 1. The highest BCUT2D eigenvalue weighted by molar-refractivity contribution is 5.56. The highest BCUT2D eigenvalue weighted by Gasteiger charge is 2.49. The van der Waals surface area contributed by atoms with E-state index < -0.39 is 11.8 Å². The van der Waals surface area contributed by atoms with E-state index in [1.54, 1.807) is 6.20 Å². The summed E-state index contributed by atoms with van der Waals surface area (Å²) >= 11 is 0. The van der Waals surface area contributed by atoms with Crippen LogP contribution in [0.15, 0.2) is 36.5 Å². The van der Waals surface area contributed by atoms with Gasteiger partial charge >= 0.3 is 6.01 Å². The molecule has 9 nitrogen and oxygen atoms in total. The first-order valence-electron chi connectivity index (χ1n) is 15.1. The van der Waals surface area contributed by atoms with Crippen LogP contribution in [-0.4, -0.2) is 58.3 Å². The van der Waals surface area contributed by atoms with Gasteiger partial charge in [0.05, 0.1) is 29.5 Å². The van der Waals surface area contributed by atoms with E-state index in [9.17, 15) is 4.39 Å². The Balaban J connectivity index is 1.27. The molecule has 2 aromatic heterocycles. The van der Waals surface area contributed by atoms with Crippen molar-refractivity contribution >= 4 is 17.3 Å². The SMILES string of the molecule is C[C@H](c1cccnc1N)N(C)c1nc(OCC23CCCN2CC(F)C3)nc2c1CO[C@@]1(CCCc3ccc(N)cc31)C2. The molecule has 3 aromatic rings. The van der Waals surface area contributed by atoms with Crippen molar-refractivity contribution < 1.29 is 13.9 Å². The van der Waals surface area contributed by atoms with Crippen LogP contribution in [-0.2, 0) is 29.8 Å². The van der Waals surface area contributed by atoms with Gasteiger partial charge in [-0.3, -0.25) is 4.90 Å². The summed E-state index contributed by atoms with van der Waals surface area (Å²) in [6, 6.07) is 10.3. The lowest BCUT2D eigenvalue weighted by molar-refractivity contribution is -0.0855. The zero-order valence-corrected chi connectivity index (χ0v) is 24.5. The summed E-state index contributed by atoms with van der Waals surface area (Å²) in [5, 5.41) is 0. The Bertz CT molecular complexity index is 1500. The van der Waals surface area contributed by atoms with Crippen LogP contribution in [0.5, 0.6) is 6.01 Å². The molecule has 1 aliphatic carbocycles. The molecule has 5 heterocycles. The molecule has 4 atom stereocenters. The number of nitrogens with zero attached hydrogens (tertiary/aromatic N) is 5. The molecule has 3 aliphatic heterocycles. The molecular weight excluding hydrogens is 533 g/mol. The maximum Gasteiger partial charge on any atom is 0.318 e. The van der Waals surface area contributed by atoms with Crippen molar-refractivity contribution in [3.63, 3.8) is 0 Å². The van der Waals surface area contributed by atoms with Crippen molar-refractivity contribution in [2.75, 3.05) is 43.1 Å². The molecule has 4 aliphatic rings. The number of rotatable bonds is 6. The number of anilines is 3. The number of fused-ring (bicyclic) bond motifs is 4. The van der Waals surface area contributed by atoms with Crippen LogP contribution in [0.3, 0.4) is 0 Å². The second kappa shape index (κ2) is 10.3. The molecule has 0 radical (unpaired) electrons. The number of aromatic nitrogens is 3. The minimum Gasteiger partial charge on any atom is -0.461 e. The van der Waals surface area contributed by atoms with E-state index in [1.807, 2.05) is 25.2 Å². The summed E-state index contributed by atoms with van der Waals surface area (Å²) in [5.41, 5.74) is 17.7. The van der Waals surface area contributed by atoms with Crippen molar-refractivity contribution in [3.05, 3.63) is 64.5 Å². The molecule has 1 spiro atoms. The molecule has 0 amide bonds. The fraction of sp³-hybridized carbons (Fsp3) is 0.531. The van der Waals surface area contributed by atoms with Gasteiger partial charge in [-0.15, -0.1) is 0 Å². The quantitative estimate of drug-likeness (QED) is 0.412. The van der Waals surface area contributed by atoms with E-state index in [2.05, 4.69) is 33.8 Å². The van der Waals surface area contributed by atoms with Gasteiger partial charge < -0.3 is 25.8 Å². The second-order valence-electron chi connectivity index (χ2n) is 12.6. The van der Waals surface area contributed by atoms with Gasteiger partial charge in [0.15, 0.2) is 0 Å². The molecule has 0 bridgehead atoms. The zero-order valence-electron chi connectivity index (χ0n) is 24.5. The first-order valence-corrected chi connectivity index (χ1v) is 15.1. The Morgan fingerprint density at radius 2 is 2.10 bits per heavy atom. The van der Waals surface area contributed by atoms with Crippen molar-refractivity contribution in [3.8, 4) is 6.01 Å². The fourth-order valence-corrected chi connectivity index (χ4v) is 7.77. The van der Waals surface area contributed by atoms with Crippen LogP contribution in [0.4, 0.5) is 21.7 Å². The molecular formula is C32H40FN7O2. The molecule has 42 heavy (non-hydrogen) atoms. The molecule has 0 saturated carbocycles. The van der Waals surface area contributed by atoms with Crippen LogP contribution in [0.2, 0.25) is 0 Å². The lowest BCUT2D eigenvalue weighted by Gasteiger charge is -2.43. The molecule has 10 heteroatoms. The number of hydrogen-bond donors (Lipinski definition) is 2. The van der Waals surface area contributed by atoms with Crippen molar-refractivity contribution in [2.24, 2.45) is 0 Å². The largest absolute Gasteiger partial charge is 0.461 e. The van der Waals surface area contributed by atoms with E-state index in [1.165, 1.54) is 5.56 Å². The molecule has 2 saturated heterocycles. The Morgan fingerprint density at radius 3 is 2.95 bits per heavy atom. The number of alkyl halides is 1. The van der Waals surface area contributed by atoms with Gasteiger partial charge in [0.1, 0.15) is 24.4 Å². The van der Waals surface area contributed by atoms with Gasteiger partial charge in [0.25, 0.3) is 0 Å². The van der Waals surface area contributed by atoms with Crippen LogP contribution in [0, 0.1) is 0 Å². The third-order valence-electron chi connectivity index (χ3n) is 10.1. The molecule has 2 fully saturated rings. The number of benzene rings is 1. The molecule has 222 valence electrons. The van der Waals surface area contributed by atoms with Gasteiger partial charge in [-0.2, -0.15) is 9.97 Å². The number of nitrogens with two attached hydrogens (primary N) is 2. The van der Waals surface area contributed by atoms with Gasteiger partial charge in [0.2, 0.25) is 0 Å². The maximum atomic E-state index is 14.5. The predicted octanol–water partition coefficient (Wildman–Crippen LogP) is 4.49. The lowest BCUT2D eigenvalue weighted by atomic mass is 9.74. The van der Waals surface area contributed by atoms with Crippen molar-refractivity contribution in [1.29, 1.82) is 0 Å². The van der Waals surface area contributed by atoms with Crippen LogP contribution >= 0.6 is 0 Å². The molecule has 2 unspecified atom stereocenters. The van der Waals surface area contributed by atoms with E-state index >= 15 is 0 Å². The Hall–Kier alpha value is -3.50. The average Bonchev–Trinajstić information content (AvgIpc) is 3.51. The van der Waals surface area contributed by atoms with Crippen molar-refractivity contribution in [1.82, 2.24) is 19.9 Å². The van der Waals surface area contributed by atoms with E-state index in [0.717, 1.165) is 72.5 Å². The molecule has 4 N–H and O–H groups in total. The summed E-state index contributed by atoms with van der Waals surface area (Å²) in [6.07, 6.45) is 6.91. The Kier molecular flexibility index (Phi) is 6.73. The van der Waals surface area contributed by atoms with Crippen molar-refractivity contribution in [2.45, 2.75) is 81.8 Å². The number of ether oxygens (including phenoxy) is 2. The number of hydrogen-bond acceptors (Lipinski definition) is 9. The number of halogens is 1. The number of pyridine rings is 1. The van der Waals surface area contributed by atoms with E-state index in [0.29, 0.717) is 44.4 Å². The van der Waals surface area contributed by atoms with E-state index in [-0.39, 0.29) is 11.6 Å². The summed E-state index contributed by atoms with van der Waals surface area (Å²) in [6.45, 7) is 4.23. The predicted molar refractivity (Wildman–Crippen MR) is 160 cm³/mol. The highest BCUT2D eigenvalue weighted by Crippen LogP contribution is 2.47. The van der Waals surface area contributed by atoms with Crippen LogP contribution in [0.1, 0.15) is 73.0 Å². The Labute approximate surface area is 246 Å². The summed E-state index contributed by atoms with van der Waals surface area (Å²) in [4.78, 5) is 18.6. The third-order valence-corrected chi connectivity index (χ3v) is 10.1. The third kappa shape index (κ3) is 4.55. The minimum atomic E-state index is -0.818. The summed E-state index contributed by atoms with van der Waals surface area (Å²) in [7, 11) is 2.01. The van der Waals surface area contributed by atoms with Crippen LogP contribution < -0.4 is 21.1 Å². The monoisotopic (exact) mass is 573 g/mol. The average molecular weight is 574 g/mol. The summed E-state index contributed by atoms with van der Waals surface area (Å²) in [5.74, 6) is 1.24. The van der Waals surface area contributed by atoms with E-state index in [4.69, 9.17) is 30.9 Å². The second-order valence-corrected chi connectivity index (χ2v) is 12.6. The van der Waals surface area contributed by atoms with Gasteiger partial charge in [0, 0.05) is 49.4 Å². The standard InChI is InChI=1S/C32H40FN7O2/c1-20(24-7-4-12-36-28(24)35)39(2)29-25-18-42-32(11-3-6-21-8-9-23(34)14-26(21)32)16-27(25)37-30(38-29)41-19-31-10-5-13-40(31)17-22(33)15-31/h4,7-9,12,14,20,22H,3,5-6,10-11,13,15-19,34H2,1-2H3,(H2,35,36)/t20-,22?,31?,32+/m1/s1. The zero-order chi connectivity index (χ0) is 29.1. The van der Waals surface area contributed by atoms with Gasteiger partial charge in [-0.1, -0.05) is 12.1 Å². The Morgan fingerprint density at radius 1 is 1.21 bits per heavy atom. The first-order chi connectivity index (χ1) is 20.3. The van der Waals surface area contributed by atoms with Gasteiger partial charge in [-0.25, -0.2) is 9.37 Å². The number of nitrogen functional groups attached to an aromatic ring is 2. The topological polar surface area (TPSA) is 116 Å². The fourth-order valence-electron chi connectivity index (χ4n) is 7.77.